The Labute approximate surface area is 147 Å². The lowest BCUT2D eigenvalue weighted by molar-refractivity contribution is -0.115. The second-order valence-corrected chi connectivity index (χ2v) is 6.11. The molecule has 0 spiro atoms. The number of amides is 1. The van der Waals surface area contributed by atoms with Crippen molar-refractivity contribution < 1.29 is 4.79 Å². The van der Waals surface area contributed by atoms with Crippen LogP contribution in [0.4, 0.5) is 5.82 Å². The van der Waals surface area contributed by atoms with Gasteiger partial charge in [0.05, 0.1) is 17.9 Å². The van der Waals surface area contributed by atoms with Crippen LogP contribution in [0.3, 0.4) is 0 Å². The molecule has 128 valence electrons. The smallest absolute Gasteiger partial charge is 0.239 e. The molecule has 0 bridgehead atoms. The number of nitrogens with zero attached hydrogens (tertiary/aromatic N) is 2. The summed E-state index contributed by atoms with van der Waals surface area (Å²) in [6, 6.07) is 21.9. The van der Waals surface area contributed by atoms with E-state index in [4.69, 9.17) is 0 Å². The summed E-state index contributed by atoms with van der Waals surface area (Å²) in [6.07, 6.45) is 0. The summed E-state index contributed by atoms with van der Waals surface area (Å²) in [5, 5.41) is 10.8. The Morgan fingerprint density at radius 3 is 2.32 bits per heavy atom. The zero-order valence-electron chi connectivity index (χ0n) is 14.4. The minimum absolute atomic E-state index is 0.0922. The highest BCUT2D eigenvalue weighted by Gasteiger charge is 2.13. The first-order chi connectivity index (χ1) is 12.1. The number of carbonyl (C=O) groups excluding carboxylic acids is 1. The Bertz CT molecular complexity index is 825. The van der Waals surface area contributed by atoms with Gasteiger partial charge < -0.3 is 10.6 Å². The number of benzene rings is 2. The van der Waals surface area contributed by atoms with Crippen molar-refractivity contribution in [2.75, 3.05) is 11.9 Å². The molecule has 5 heteroatoms. The molecule has 1 aromatic heterocycles. The zero-order chi connectivity index (χ0) is 17.6. The highest BCUT2D eigenvalue weighted by molar-refractivity contribution is 5.92. The van der Waals surface area contributed by atoms with Crippen LogP contribution in [0.1, 0.15) is 13.8 Å². The second-order valence-electron chi connectivity index (χ2n) is 6.11. The number of aromatic nitrogens is 2. The molecule has 0 unspecified atom stereocenters. The molecular weight excluding hydrogens is 312 g/mol. The molecule has 3 aromatic rings. The Morgan fingerprint density at radius 1 is 1.04 bits per heavy atom. The summed E-state index contributed by atoms with van der Waals surface area (Å²) in [7, 11) is 0. The van der Waals surface area contributed by atoms with Gasteiger partial charge in [-0.1, -0.05) is 62.4 Å². The molecular formula is C20H22N4O. The summed E-state index contributed by atoms with van der Waals surface area (Å²) in [5.74, 6) is 0.561. The first-order valence-corrected chi connectivity index (χ1v) is 8.37. The number of anilines is 1. The topological polar surface area (TPSA) is 59.0 Å². The summed E-state index contributed by atoms with van der Waals surface area (Å²) < 4.78 is 1.76. The molecule has 0 aliphatic heterocycles. The molecule has 0 aliphatic carbocycles. The van der Waals surface area contributed by atoms with Crippen LogP contribution in [0, 0.1) is 0 Å². The molecule has 0 saturated carbocycles. The maximum Gasteiger partial charge on any atom is 0.239 e. The van der Waals surface area contributed by atoms with E-state index in [9.17, 15) is 4.79 Å². The molecule has 25 heavy (non-hydrogen) atoms. The van der Waals surface area contributed by atoms with E-state index in [1.54, 1.807) is 4.68 Å². The van der Waals surface area contributed by atoms with Crippen molar-refractivity contribution >= 4 is 11.7 Å². The minimum atomic E-state index is -0.0922. The van der Waals surface area contributed by atoms with Gasteiger partial charge in [0.15, 0.2) is 0 Å². The van der Waals surface area contributed by atoms with Crippen molar-refractivity contribution in [2.24, 2.45) is 0 Å². The molecule has 3 rings (SSSR count). The normalized spacial score (nSPS) is 10.8. The van der Waals surface area contributed by atoms with Gasteiger partial charge in [-0.15, -0.1) is 0 Å². The number of carbonyl (C=O) groups is 1. The standard InChI is InChI=1S/C20H22N4O/c1-15(2)21-14-20(25)22-19-13-18(16-9-5-3-6-10-16)23-24(19)17-11-7-4-8-12-17/h3-13,15,21H,14H2,1-2H3,(H,22,25). The fourth-order valence-electron chi connectivity index (χ4n) is 2.47. The average molecular weight is 334 g/mol. The minimum Gasteiger partial charge on any atom is -0.309 e. The molecule has 0 fully saturated rings. The third-order valence-corrected chi connectivity index (χ3v) is 3.72. The van der Waals surface area contributed by atoms with Crippen LogP contribution in [-0.2, 0) is 4.79 Å². The number of para-hydroxylation sites is 1. The van der Waals surface area contributed by atoms with E-state index in [1.165, 1.54) is 0 Å². The quantitative estimate of drug-likeness (QED) is 0.725. The van der Waals surface area contributed by atoms with Gasteiger partial charge in [-0.3, -0.25) is 4.79 Å². The van der Waals surface area contributed by atoms with Crippen molar-refractivity contribution in [3.8, 4) is 16.9 Å². The van der Waals surface area contributed by atoms with Crippen LogP contribution in [0.15, 0.2) is 66.7 Å². The lowest BCUT2D eigenvalue weighted by Gasteiger charge is -2.10. The first kappa shape index (κ1) is 16.9. The fraction of sp³-hybridized carbons (Fsp3) is 0.200. The third kappa shape index (κ3) is 4.33. The lowest BCUT2D eigenvalue weighted by atomic mass is 10.2. The zero-order valence-corrected chi connectivity index (χ0v) is 14.4. The second kappa shape index (κ2) is 7.77. The Hall–Kier alpha value is -2.92. The molecule has 0 radical (unpaired) electrons. The molecule has 5 nitrogen and oxygen atoms in total. The number of rotatable bonds is 6. The highest BCUT2D eigenvalue weighted by atomic mass is 16.2. The summed E-state index contributed by atoms with van der Waals surface area (Å²) in [6.45, 7) is 4.28. The number of nitrogens with one attached hydrogen (secondary N) is 2. The lowest BCUT2D eigenvalue weighted by Crippen LogP contribution is -2.33. The monoisotopic (exact) mass is 334 g/mol. The van der Waals surface area contributed by atoms with Crippen molar-refractivity contribution in [1.29, 1.82) is 0 Å². The number of hydrogen-bond donors (Lipinski definition) is 2. The maximum atomic E-state index is 12.2. The van der Waals surface area contributed by atoms with Crippen LogP contribution in [0.25, 0.3) is 16.9 Å². The van der Waals surface area contributed by atoms with Gasteiger partial charge in [0.25, 0.3) is 0 Å². The molecule has 1 amide bonds. The van der Waals surface area contributed by atoms with E-state index in [1.807, 2.05) is 80.6 Å². The SMILES string of the molecule is CC(C)NCC(=O)Nc1cc(-c2ccccc2)nn1-c1ccccc1. The van der Waals surface area contributed by atoms with Crippen LogP contribution in [-0.4, -0.2) is 28.3 Å². The van der Waals surface area contributed by atoms with E-state index < -0.39 is 0 Å². The summed E-state index contributed by atoms with van der Waals surface area (Å²) >= 11 is 0. The van der Waals surface area contributed by atoms with Gasteiger partial charge in [0, 0.05) is 17.7 Å². The molecule has 2 aromatic carbocycles. The summed E-state index contributed by atoms with van der Waals surface area (Å²) in [5.41, 5.74) is 2.72. The predicted octanol–water partition coefficient (Wildman–Crippen LogP) is 3.48. The van der Waals surface area contributed by atoms with Gasteiger partial charge >= 0.3 is 0 Å². The molecule has 0 aliphatic rings. The predicted molar refractivity (Wildman–Crippen MR) is 101 cm³/mol. The third-order valence-electron chi connectivity index (χ3n) is 3.72. The van der Waals surface area contributed by atoms with E-state index in [0.717, 1.165) is 16.9 Å². The van der Waals surface area contributed by atoms with Gasteiger partial charge in [-0.25, -0.2) is 4.68 Å². The van der Waals surface area contributed by atoms with Gasteiger partial charge in [-0.05, 0) is 12.1 Å². The molecule has 0 saturated heterocycles. The van der Waals surface area contributed by atoms with Crippen molar-refractivity contribution in [2.45, 2.75) is 19.9 Å². The molecule has 1 heterocycles. The highest BCUT2D eigenvalue weighted by Crippen LogP contribution is 2.24. The van der Waals surface area contributed by atoms with Crippen molar-refractivity contribution in [3.63, 3.8) is 0 Å². The largest absolute Gasteiger partial charge is 0.309 e. The van der Waals surface area contributed by atoms with Crippen molar-refractivity contribution in [3.05, 3.63) is 66.7 Å². The van der Waals surface area contributed by atoms with Crippen LogP contribution in [0.2, 0.25) is 0 Å². The van der Waals surface area contributed by atoms with E-state index >= 15 is 0 Å². The average Bonchev–Trinajstić information content (AvgIpc) is 3.05. The summed E-state index contributed by atoms with van der Waals surface area (Å²) in [4.78, 5) is 12.2. The fourth-order valence-corrected chi connectivity index (χ4v) is 2.47. The Morgan fingerprint density at radius 2 is 1.68 bits per heavy atom. The maximum absolute atomic E-state index is 12.2. The van der Waals surface area contributed by atoms with Crippen LogP contribution >= 0.6 is 0 Å². The van der Waals surface area contributed by atoms with E-state index in [-0.39, 0.29) is 18.5 Å². The van der Waals surface area contributed by atoms with Crippen LogP contribution in [0.5, 0.6) is 0 Å². The van der Waals surface area contributed by atoms with E-state index in [0.29, 0.717) is 5.82 Å². The Balaban J connectivity index is 1.92. The van der Waals surface area contributed by atoms with Gasteiger partial charge in [0.1, 0.15) is 5.82 Å². The first-order valence-electron chi connectivity index (χ1n) is 8.37. The molecule has 0 atom stereocenters. The van der Waals surface area contributed by atoms with Gasteiger partial charge in [-0.2, -0.15) is 5.10 Å². The van der Waals surface area contributed by atoms with E-state index in [2.05, 4.69) is 15.7 Å². The van der Waals surface area contributed by atoms with Gasteiger partial charge in [0.2, 0.25) is 5.91 Å². The van der Waals surface area contributed by atoms with Crippen LogP contribution < -0.4 is 10.6 Å². The Kier molecular flexibility index (Phi) is 5.26. The van der Waals surface area contributed by atoms with Crippen molar-refractivity contribution in [1.82, 2.24) is 15.1 Å². The number of hydrogen-bond acceptors (Lipinski definition) is 3. The molecule has 2 N–H and O–H groups in total.